The fourth-order valence-corrected chi connectivity index (χ4v) is 4.27. The van der Waals surface area contributed by atoms with E-state index in [0.717, 1.165) is 13.1 Å². The Morgan fingerprint density at radius 2 is 1.44 bits per heavy atom. The van der Waals surface area contributed by atoms with E-state index < -0.39 is 0 Å². The average molecular weight is 454 g/mol. The Hall–Kier alpha value is -3.09. The quantitative estimate of drug-likeness (QED) is 0.533. The molecule has 1 N–H and O–H groups in total. The van der Waals surface area contributed by atoms with Crippen molar-refractivity contribution < 1.29 is 31.6 Å². The van der Waals surface area contributed by atoms with Crippen LogP contribution in [0.5, 0.6) is 11.8 Å². The van der Waals surface area contributed by atoms with Gasteiger partial charge in [0.25, 0.3) is 5.91 Å². The van der Waals surface area contributed by atoms with Crippen LogP contribution in [0.2, 0.25) is 0 Å². The van der Waals surface area contributed by atoms with Gasteiger partial charge in [-0.2, -0.15) is 4.98 Å². The van der Waals surface area contributed by atoms with Gasteiger partial charge in [0.05, 0.1) is 40.4 Å². The Bertz CT molecular complexity index is 970. The molecule has 1 aliphatic heterocycles. The number of hydrogen-bond donors (Lipinski definition) is 1. The van der Waals surface area contributed by atoms with Gasteiger partial charge in [-0.15, -0.1) is 0 Å². The van der Waals surface area contributed by atoms with Gasteiger partial charge in [0.2, 0.25) is 11.8 Å². The molecular weight excluding hydrogens is 426 g/mol. The summed E-state index contributed by atoms with van der Waals surface area (Å²) in [7, 11) is 3.06. The van der Waals surface area contributed by atoms with Gasteiger partial charge in [0, 0.05) is 17.2 Å². The number of amides is 1. The predicted molar refractivity (Wildman–Crippen MR) is 119 cm³/mol. The summed E-state index contributed by atoms with van der Waals surface area (Å²) in [6.45, 7) is 3.09. The van der Waals surface area contributed by atoms with Crippen molar-refractivity contribution in [1.82, 2.24) is 9.88 Å². The smallest absolute Gasteiger partial charge is 0.259 e. The Balaban J connectivity index is 0.00000289. The standard InChI is InChI=1S/C25H27N3O3.ClH/c1-30-22-14-13-21(24(26-22)31-2)25(29)28-17-15-27(16-18-28)23(19-9-5-3-6-10-19)20-11-7-4-8-12-20;/h3-14,23H,15-18H2,1-2H3;1H. The van der Waals surface area contributed by atoms with Crippen LogP contribution in [-0.2, 0) is 0 Å². The Morgan fingerprint density at radius 1 is 0.875 bits per heavy atom. The molecule has 32 heavy (non-hydrogen) atoms. The first-order valence-corrected chi connectivity index (χ1v) is 10.5. The van der Waals surface area contributed by atoms with Gasteiger partial charge in [-0.05, 0) is 6.07 Å². The normalized spacial score (nSPS) is 14.0. The van der Waals surface area contributed by atoms with Crippen molar-refractivity contribution in [1.29, 1.82) is 0 Å². The molecule has 7 heteroatoms. The molecule has 2 aromatic carbocycles. The van der Waals surface area contributed by atoms with Crippen molar-refractivity contribution in [2.45, 2.75) is 6.04 Å². The third-order valence-electron chi connectivity index (χ3n) is 5.83. The summed E-state index contributed by atoms with van der Waals surface area (Å²) in [5.41, 5.74) is 3.06. The Kier molecular flexibility index (Phi) is 8.09. The second-order valence-electron chi connectivity index (χ2n) is 7.62. The summed E-state index contributed by atoms with van der Waals surface area (Å²) >= 11 is 0. The third-order valence-corrected chi connectivity index (χ3v) is 5.83. The monoisotopic (exact) mass is 453 g/mol. The molecule has 1 amide bonds. The SMILES string of the molecule is COc1ccc(C(=O)N2CC[NH+](C(c3ccccc3)c3ccccc3)CC2)c(OC)n1.[Cl-]. The first-order valence-electron chi connectivity index (χ1n) is 10.5. The summed E-state index contributed by atoms with van der Waals surface area (Å²) in [5, 5.41) is 0. The number of nitrogens with zero attached hydrogens (tertiary/aromatic N) is 2. The number of rotatable bonds is 6. The van der Waals surface area contributed by atoms with Crippen molar-refractivity contribution in [3.63, 3.8) is 0 Å². The Labute approximate surface area is 195 Å². The van der Waals surface area contributed by atoms with E-state index in [0.29, 0.717) is 30.4 Å². The van der Waals surface area contributed by atoms with Crippen LogP contribution < -0.4 is 26.8 Å². The minimum Gasteiger partial charge on any atom is -1.00 e. The number of halogens is 1. The number of hydrogen-bond acceptors (Lipinski definition) is 4. The van der Waals surface area contributed by atoms with Crippen LogP contribution in [-0.4, -0.2) is 56.2 Å². The van der Waals surface area contributed by atoms with Crippen LogP contribution in [0.4, 0.5) is 0 Å². The maximum Gasteiger partial charge on any atom is 0.259 e. The highest BCUT2D eigenvalue weighted by atomic mass is 35.5. The largest absolute Gasteiger partial charge is 1.00 e. The molecule has 1 saturated heterocycles. The second-order valence-corrected chi connectivity index (χ2v) is 7.62. The molecule has 168 valence electrons. The average Bonchev–Trinajstić information content (AvgIpc) is 2.85. The lowest BCUT2D eigenvalue weighted by atomic mass is 9.96. The minimum atomic E-state index is -0.0537. The topological polar surface area (TPSA) is 56.1 Å². The van der Waals surface area contributed by atoms with Gasteiger partial charge in [-0.3, -0.25) is 4.79 Å². The molecule has 3 aromatic rings. The number of piperazine rings is 1. The maximum absolute atomic E-state index is 13.2. The number of carbonyl (C=O) groups is 1. The summed E-state index contributed by atoms with van der Waals surface area (Å²) in [5.74, 6) is 0.670. The molecule has 0 saturated carbocycles. The zero-order valence-corrected chi connectivity index (χ0v) is 19.1. The number of nitrogens with one attached hydrogen (secondary N) is 1. The van der Waals surface area contributed by atoms with Crippen molar-refractivity contribution in [3.05, 3.63) is 89.5 Å². The van der Waals surface area contributed by atoms with E-state index in [2.05, 4.69) is 53.5 Å². The Morgan fingerprint density at radius 3 is 1.94 bits per heavy atom. The fourth-order valence-electron chi connectivity index (χ4n) is 4.27. The summed E-state index contributed by atoms with van der Waals surface area (Å²) in [6.07, 6.45) is 0. The molecular formula is C25H28ClN3O3. The second kappa shape index (κ2) is 11.0. The highest BCUT2D eigenvalue weighted by Crippen LogP contribution is 2.22. The van der Waals surface area contributed by atoms with Gasteiger partial charge in [0.15, 0.2) is 0 Å². The molecule has 0 aliphatic carbocycles. The van der Waals surface area contributed by atoms with Gasteiger partial charge < -0.3 is 31.7 Å². The summed E-state index contributed by atoms with van der Waals surface area (Å²) in [6, 6.07) is 24.9. The van der Waals surface area contributed by atoms with Crippen LogP contribution in [0.1, 0.15) is 27.5 Å². The van der Waals surface area contributed by atoms with E-state index in [-0.39, 0.29) is 24.4 Å². The fraction of sp³-hybridized carbons (Fsp3) is 0.280. The number of pyridine rings is 1. The number of aromatic nitrogens is 1. The van der Waals surface area contributed by atoms with E-state index in [1.54, 1.807) is 19.2 Å². The first kappa shape index (κ1) is 23.6. The minimum absolute atomic E-state index is 0. The van der Waals surface area contributed by atoms with E-state index >= 15 is 0 Å². The number of benzene rings is 2. The highest BCUT2D eigenvalue weighted by molar-refractivity contribution is 5.96. The lowest BCUT2D eigenvalue weighted by Gasteiger charge is -2.37. The van der Waals surface area contributed by atoms with Crippen molar-refractivity contribution in [2.24, 2.45) is 0 Å². The van der Waals surface area contributed by atoms with Crippen LogP contribution >= 0.6 is 0 Å². The van der Waals surface area contributed by atoms with E-state index in [4.69, 9.17) is 9.47 Å². The van der Waals surface area contributed by atoms with Crippen LogP contribution in [0.15, 0.2) is 72.8 Å². The summed E-state index contributed by atoms with van der Waals surface area (Å²) < 4.78 is 10.5. The lowest BCUT2D eigenvalue weighted by molar-refractivity contribution is -0.929. The van der Waals surface area contributed by atoms with Crippen LogP contribution in [0.25, 0.3) is 0 Å². The molecule has 0 bridgehead atoms. The van der Waals surface area contributed by atoms with Crippen molar-refractivity contribution in [2.75, 3.05) is 40.4 Å². The third kappa shape index (κ3) is 5.03. The molecule has 0 spiro atoms. The molecule has 6 nitrogen and oxygen atoms in total. The molecule has 1 aliphatic rings. The molecule has 0 unspecified atom stereocenters. The zero-order valence-electron chi connectivity index (χ0n) is 18.3. The van der Waals surface area contributed by atoms with E-state index in [1.165, 1.54) is 23.1 Å². The molecule has 0 atom stereocenters. The zero-order chi connectivity index (χ0) is 21.6. The number of methoxy groups -OCH3 is 2. The van der Waals surface area contributed by atoms with Gasteiger partial charge in [0.1, 0.15) is 11.6 Å². The number of carbonyl (C=O) groups excluding carboxylic acids is 1. The maximum atomic E-state index is 13.2. The van der Waals surface area contributed by atoms with E-state index in [1.807, 2.05) is 17.0 Å². The van der Waals surface area contributed by atoms with Gasteiger partial charge >= 0.3 is 0 Å². The highest BCUT2D eigenvalue weighted by Gasteiger charge is 2.32. The number of ether oxygens (including phenoxy) is 2. The predicted octanol–water partition coefficient (Wildman–Crippen LogP) is -0.767. The van der Waals surface area contributed by atoms with E-state index in [9.17, 15) is 4.79 Å². The van der Waals surface area contributed by atoms with Gasteiger partial charge in [-0.25, -0.2) is 0 Å². The lowest BCUT2D eigenvalue weighted by Crippen LogP contribution is -3.15. The molecule has 2 heterocycles. The number of quaternary nitrogens is 1. The molecule has 1 fully saturated rings. The molecule has 4 rings (SSSR count). The summed E-state index contributed by atoms with van der Waals surface area (Å²) in [4.78, 5) is 20.8. The molecule has 1 aromatic heterocycles. The van der Waals surface area contributed by atoms with Crippen LogP contribution in [0.3, 0.4) is 0 Å². The van der Waals surface area contributed by atoms with Gasteiger partial charge in [-0.1, -0.05) is 60.7 Å². The van der Waals surface area contributed by atoms with Crippen LogP contribution in [0, 0.1) is 0 Å². The van der Waals surface area contributed by atoms with Crippen molar-refractivity contribution in [3.8, 4) is 11.8 Å². The first-order chi connectivity index (χ1) is 15.2. The molecule has 0 radical (unpaired) electrons. The van der Waals surface area contributed by atoms with Crippen molar-refractivity contribution >= 4 is 5.91 Å².